The average Bonchev–Trinajstić information content (AvgIpc) is 2.81. The molecule has 0 spiro atoms. The molecular formula is C23H24ClF2NO5S2. The molecule has 1 fully saturated rings. The number of carbonyl (C=O) groups excluding carboxylic acids is 1. The number of ether oxygens (including phenoxy) is 2. The van der Waals surface area contributed by atoms with E-state index in [0.29, 0.717) is 17.2 Å². The quantitative estimate of drug-likeness (QED) is 0.578. The Bertz CT molecular complexity index is 1190. The van der Waals surface area contributed by atoms with Crippen molar-refractivity contribution >= 4 is 39.1 Å². The molecule has 2 aromatic carbocycles. The molecule has 34 heavy (non-hydrogen) atoms. The van der Waals surface area contributed by atoms with Crippen molar-refractivity contribution in [2.24, 2.45) is 11.7 Å². The van der Waals surface area contributed by atoms with E-state index in [1.54, 1.807) is 6.92 Å². The molecule has 2 N–H and O–H groups in total. The lowest BCUT2D eigenvalue weighted by Crippen LogP contribution is -2.57. The van der Waals surface area contributed by atoms with Crippen molar-refractivity contribution in [1.82, 2.24) is 0 Å². The van der Waals surface area contributed by atoms with Crippen LogP contribution in [0.5, 0.6) is 5.75 Å². The maximum Gasteiger partial charge on any atom is 0.230 e. The molecule has 0 radical (unpaired) electrons. The highest BCUT2D eigenvalue weighted by molar-refractivity contribution is 8.00. The molecule has 2 aromatic rings. The number of halogens is 3. The lowest BCUT2D eigenvalue weighted by atomic mass is 9.75. The molecule has 1 unspecified atom stereocenters. The number of amides is 1. The Morgan fingerprint density at radius 3 is 2.59 bits per heavy atom. The summed E-state index contributed by atoms with van der Waals surface area (Å²) in [5.41, 5.74) is 5.02. The second-order valence-corrected chi connectivity index (χ2v) is 12.5. The lowest BCUT2D eigenvalue weighted by molar-refractivity contribution is -0.117. The molecule has 11 heteroatoms. The van der Waals surface area contributed by atoms with Gasteiger partial charge < -0.3 is 15.2 Å². The highest BCUT2D eigenvalue weighted by Crippen LogP contribution is 2.56. The monoisotopic (exact) mass is 531 g/mol. The Kier molecular flexibility index (Phi) is 7.15. The van der Waals surface area contributed by atoms with Gasteiger partial charge in [0.1, 0.15) is 10.6 Å². The molecule has 0 saturated carbocycles. The van der Waals surface area contributed by atoms with E-state index in [9.17, 15) is 17.6 Å². The van der Waals surface area contributed by atoms with Gasteiger partial charge in [-0.25, -0.2) is 17.2 Å². The predicted molar refractivity (Wildman–Crippen MR) is 126 cm³/mol. The molecule has 2 aliphatic rings. The van der Waals surface area contributed by atoms with Gasteiger partial charge in [-0.3, -0.25) is 4.79 Å². The SMILES string of the molecule is CC(SCC[C@@H]1OCC[C@@]2(S(=O)(=O)c3ccc(Cl)cc3)c3c(F)ccc(F)c3OC[C@@H]12)C(N)=O. The third kappa shape index (κ3) is 4.19. The third-order valence-electron chi connectivity index (χ3n) is 6.52. The van der Waals surface area contributed by atoms with Gasteiger partial charge in [-0.15, -0.1) is 11.8 Å². The van der Waals surface area contributed by atoms with Crippen molar-refractivity contribution in [2.75, 3.05) is 19.0 Å². The molecule has 6 nitrogen and oxygen atoms in total. The Labute approximate surface area is 206 Å². The van der Waals surface area contributed by atoms with E-state index in [2.05, 4.69) is 0 Å². The standard InChI is InChI=1S/C23H24ClF2NO5S2/c1-13(22(27)28)33-11-8-19-16-12-32-21-18(26)7-6-17(25)20(21)23(16,9-10-31-19)34(29,30)15-4-2-14(24)3-5-15/h2-7,13,16,19H,8-12H2,1H3,(H2,27,28)/t13?,16-,19-,23-/m0/s1. The van der Waals surface area contributed by atoms with Crippen LogP contribution in [0.2, 0.25) is 5.02 Å². The van der Waals surface area contributed by atoms with Crippen LogP contribution in [0, 0.1) is 17.6 Å². The van der Waals surface area contributed by atoms with Gasteiger partial charge in [0.05, 0.1) is 28.4 Å². The second-order valence-electron chi connectivity index (χ2n) is 8.36. The zero-order valence-corrected chi connectivity index (χ0v) is 20.7. The van der Waals surface area contributed by atoms with E-state index in [-0.39, 0.29) is 35.8 Å². The van der Waals surface area contributed by atoms with Gasteiger partial charge in [-0.1, -0.05) is 11.6 Å². The highest BCUT2D eigenvalue weighted by Gasteiger charge is 2.61. The fourth-order valence-electron chi connectivity index (χ4n) is 4.78. The molecule has 4 atom stereocenters. The minimum atomic E-state index is -4.25. The molecule has 2 aliphatic heterocycles. The van der Waals surface area contributed by atoms with Crippen LogP contribution in [0.25, 0.3) is 0 Å². The normalized spacial score (nSPS) is 25.1. The zero-order valence-electron chi connectivity index (χ0n) is 18.3. The number of nitrogens with two attached hydrogens (primary N) is 1. The van der Waals surface area contributed by atoms with Crippen LogP contribution in [-0.2, 0) is 24.1 Å². The molecular weight excluding hydrogens is 508 g/mol. The van der Waals surface area contributed by atoms with E-state index in [4.69, 9.17) is 26.8 Å². The number of sulfone groups is 1. The molecule has 4 rings (SSSR count). The zero-order chi connectivity index (χ0) is 24.7. The molecule has 0 aromatic heterocycles. The Morgan fingerprint density at radius 2 is 1.91 bits per heavy atom. The Balaban J connectivity index is 1.82. The smallest absolute Gasteiger partial charge is 0.230 e. The number of rotatable bonds is 7. The number of fused-ring (bicyclic) bond motifs is 3. The summed E-state index contributed by atoms with van der Waals surface area (Å²) in [5.74, 6) is -2.87. The molecule has 1 saturated heterocycles. The van der Waals surface area contributed by atoms with Crippen molar-refractivity contribution < 1.29 is 31.5 Å². The third-order valence-corrected chi connectivity index (χ3v) is 10.5. The Morgan fingerprint density at radius 1 is 1.24 bits per heavy atom. The summed E-state index contributed by atoms with van der Waals surface area (Å²) in [6, 6.07) is 7.47. The van der Waals surface area contributed by atoms with Gasteiger partial charge in [0.15, 0.2) is 21.4 Å². The highest BCUT2D eigenvalue weighted by atomic mass is 35.5. The summed E-state index contributed by atoms with van der Waals surface area (Å²) in [5, 5.41) is -0.0796. The average molecular weight is 532 g/mol. The van der Waals surface area contributed by atoms with Crippen molar-refractivity contribution in [3.05, 3.63) is 58.6 Å². The fraction of sp³-hybridized carbons (Fsp3) is 0.435. The molecule has 0 aliphatic carbocycles. The van der Waals surface area contributed by atoms with Crippen LogP contribution in [0.15, 0.2) is 41.3 Å². The van der Waals surface area contributed by atoms with Crippen LogP contribution in [-0.4, -0.2) is 44.6 Å². The fourth-order valence-corrected chi connectivity index (χ4v) is 8.13. The van der Waals surface area contributed by atoms with E-state index in [1.807, 2.05) is 0 Å². The first-order valence-electron chi connectivity index (χ1n) is 10.7. The van der Waals surface area contributed by atoms with Crippen LogP contribution in [0.4, 0.5) is 8.78 Å². The summed E-state index contributed by atoms with van der Waals surface area (Å²) < 4.78 is 68.2. The van der Waals surface area contributed by atoms with E-state index >= 15 is 4.39 Å². The minimum Gasteiger partial charge on any atom is -0.490 e. The number of carbonyl (C=O) groups is 1. The summed E-state index contributed by atoms with van der Waals surface area (Å²) in [4.78, 5) is 11.3. The van der Waals surface area contributed by atoms with Gasteiger partial charge >= 0.3 is 0 Å². The first-order valence-corrected chi connectivity index (χ1v) is 13.6. The summed E-state index contributed by atoms with van der Waals surface area (Å²) in [7, 11) is -4.25. The van der Waals surface area contributed by atoms with Gasteiger partial charge in [-0.05, 0) is 61.9 Å². The Hall–Kier alpha value is -1.88. The first-order chi connectivity index (χ1) is 16.1. The molecule has 1 amide bonds. The van der Waals surface area contributed by atoms with Crippen molar-refractivity contribution in [3.8, 4) is 5.75 Å². The predicted octanol–water partition coefficient (Wildman–Crippen LogP) is 4.08. The summed E-state index contributed by atoms with van der Waals surface area (Å²) in [6.45, 7) is 1.54. The van der Waals surface area contributed by atoms with Crippen molar-refractivity contribution in [2.45, 2.75) is 40.8 Å². The largest absolute Gasteiger partial charge is 0.490 e. The number of hydrogen-bond donors (Lipinski definition) is 1. The van der Waals surface area contributed by atoms with Crippen molar-refractivity contribution in [1.29, 1.82) is 0 Å². The van der Waals surface area contributed by atoms with Gasteiger partial charge in [0, 0.05) is 17.5 Å². The van der Waals surface area contributed by atoms with E-state index in [1.165, 1.54) is 36.0 Å². The van der Waals surface area contributed by atoms with Crippen molar-refractivity contribution in [3.63, 3.8) is 0 Å². The lowest BCUT2D eigenvalue weighted by Gasteiger charge is -2.50. The molecule has 184 valence electrons. The van der Waals surface area contributed by atoms with Crippen LogP contribution >= 0.6 is 23.4 Å². The summed E-state index contributed by atoms with van der Waals surface area (Å²) in [6.07, 6.45) is -0.319. The summed E-state index contributed by atoms with van der Waals surface area (Å²) >= 11 is 7.28. The van der Waals surface area contributed by atoms with E-state index < -0.39 is 49.4 Å². The molecule has 2 heterocycles. The van der Waals surface area contributed by atoms with E-state index in [0.717, 1.165) is 12.1 Å². The second kappa shape index (κ2) is 9.64. The minimum absolute atomic E-state index is 0.0272. The van der Waals surface area contributed by atoms with Crippen LogP contribution < -0.4 is 10.5 Å². The number of thioether (sulfide) groups is 1. The van der Waals surface area contributed by atoms with Gasteiger partial charge in [0.2, 0.25) is 5.91 Å². The van der Waals surface area contributed by atoms with Crippen LogP contribution in [0.3, 0.4) is 0 Å². The number of hydrogen-bond acceptors (Lipinski definition) is 6. The number of primary amides is 1. The molecule has 0 bridgehead atoms. The van der Waals surface area contributed by atoms with Crippen LogP contribution in [0.1, 0.15) is 25.3 Å². The maximum atomic E-state index is 15.3. The van der Waals surface area contributed by atoms with Gasteiger partial charge in [0.25, 0.3) is 0 Å². The number of benzene rings is 2. The first kappa shape index (κ1) is 25.2. The van der Waals surface area contributed by atoms with Gasteiger partial charge in [-0.2, -0.15) is 0 Å². The topological polar surface area (TPSA) is 95.7 Å². The maximum absolute atomic E-state index is 15.3.